The van der Waals surface area contributed by atoms with E-state index in [1.165, 1.54) is 12.2 Å². The van der Waals surface area contributed by atoms with Gasteiger partial charge in [-0.3, -0.25) is 14.4 Å². The molecule has 1 N–H and O–H groups in total. The lowest BCUT2D eigenvalue weighted by Crippen LogP contribution is -2.70. The Morgan fingerprint density at radius 1 is 1.11 bits per heavy atom. The molecule has 0 bridgehead atoms. The first-order valence-electron chi connectivity index (χ1n) is 16.2. The average Bonchev–Trinajstić information content (AvgIpc) is 3.33. The van der Waals surface area contributed by atoms with E-state index in [2.05, 4.69) is 0 Å². The summed E-state index contributed by atoms with van der Waals surface area (Å²) in [6.45, 7) is 14.4. The zero-order valence-corrected chi connectivity index (χ0v) is 28.3. The van der Waals surface area contributed by atoms with Gasteiger partial charge in [-0.25, -0.2) is 4.39 Å². The molecule has 0 aromatic heterocycles. The van der Waals surface area contributed by atoms with E-state index < -0.39 is 70.0 Å². The first-order valence-corrected chi connectivity index (χ1v) is 16.2. The molecule has 4 fully saturated rings. The van der Waals surface area contributed by atoms with Gasteiger partial charge in [0.15, 0.2) is 29.4 Å². The van der Waals surface area contributed by atoms with Gasteiger partial charge in [0, 0.05) is 23.9 Å². The fourth-order valence-electron chi connectivity index (χ4n) is 9.19. The van der Waals surface area contributed by atoms with Gasteiger partial charge < -0.3 is 28.8 Å². The number of ether oxygens (including phenoxy) is 5. The van der Waals surface area contributed by atoms with Crippen molar-refractivity contribution in [2.24, 2.45) is 22.7 Å². The summed E-state index contributed by atoms with van der Waals surface area (Å²) in [4.78, 5) is 39.4. The largest absolute Gasteiger partial charge is 0.457 e. The Kier molecular flexibility index (Phi) is 8.43. The molecule has 10 heteroatoms. The summed E-state index contributed by atoms with van der Waals surface area (Å²) in [7, 11) is 1.64. The van der Waals surface area contributed by atoms with E-state index in [0.717, 1.165) is 0 Å². The summed E-state index contributed by atoms with van der Waals surface area (Å²) in [6, 6.07) is 0. The molecule has 4 aliphatic carbocycles. The van der Waals surface area contributed by atoms with Gasteiger partial charge in [-0.1, -0.05) is 18.6 Å². The number of hydrogen-bond donors (Lipinski definition) is 1. The summed E-state index contributed by atoms with van der Waals surface area (Å²) >= 11 is 0. The molecule has 0 radical (unpaired) electrons. The fourth-order valence-corrected chi connectivity index (χ4v) is 9.19. The van der Waals surface area contributed by atoms with Crippen molar-refractivity contribution in [2.75, 3.05) is 20.3 Å². The summed E-state index contributed by atoms with van der Waals surface area (Å²) < 4.78 is 47.4. The maximum atomic E-state index is 17.6. The molecule has 0 spiro atoms. The van der Waals surface area contributed by atoms with Crippen LogP contribution in [0.3, 0.4) is 0 Å². The van der Waals surface area contributed by atoms with Crippen LogP contribution in [0.1, 0.15) is 93.9 Å². The van der Waals surface area contributed by atoms with Gasteiger partial charge in [-0.05, 0) is 98.6 Å². The third-order valence-electron chi connectivity index (χ3n) is 11.7. The number of halogens is 1. The van der Waals surface area contributed by atoms with Crippen LogP contribution in [0.15, 0.2) is 23.8 Å². The monoisotopic (exact) mass is 634 g/mol. The highest BCUT2D eigenvalue weighted by Gasteiger charge is 2.80. The Morgan fingerprint density at radius 2 is 1.80 bits per heavy atom. The quantitative estimate of drug-likeness (QED) is 0.333. The molecule has 5 aliphatic rings. The molecule has 4 unspecified atom stereocenters. The molecule has 8 atom stereocenters. The molecule has 5 rings (SSSR count). The highest BCUT2D eigenvalue weighted by atomic mass is 19.1. The van der Waals surface area contributed by atoms with Crippen molar-refractivity contribution >= 4 is 17.5 Å². The van der Waals surface area contributed by atoms with Gasteiger partial charge in [0.05, 0.1) is 36.4 Å². The van der Waals surface area contributed by atoms with E-state index >= 15 is 4.39 Å². The number of alkyl halides is 1. The average molecular weight is 635 g/mol. The minimum Gasteiger partial charge on any atom is -0.457 e. The molecule has 0 aromatic carbocycles. The Labute approximate surface area is 266 Å². The summed E-state index contributed by atoms with van der Waals surface area (Å²) in [5.41, 5.74) is -6.24. The van der Waals surface area contributed by atoms with Crippen molar-refractivity contribution in [3.05, 3.63) is 23.8 Å². The molecule has 1 aliphatic heterocycles. The van der Waals surface area contributed by atoms with Crippen LogP contribution in [-0.4, -0.2) is 83.4 Å². The van der Waals surface area contributed by atoms with Gasteiger partial charge in [0.1, 0.15) is 0 Å². The van der Waals surface area contributed by atoms with Crippen LogP contribution in [0.5, 0.6) is 0 Å². The number of esters is 1. The molecule has 45 heavy (non-hydrogen) atoms. The lowest BCUT2D eigenvalue weighted by molar-refractivity contribution is -0.246. The molecule has 0 amide bonds. The highest BCUT2D eigenvalue weighted by molar-refractivity contribution is 6.01. The molecular weight excluding hydrogens is 583 g/mol. The van der Waals surface area contributed by atoms with Crippen LogP contribution in [0, 0.1) is 22.7 Å². The van der Waals surface area contributed by atoms with E-state index in [4.69, 9.17) is 23.7 Å². The van der Waals surface area contributed by atoms with Crippen LogP contribution >= 0.6 is 0 Å². The highest BCUT2D eigenvalue weighted by Crippen LogP contribution is 2.72. The number of aliphatic hydroxyl groups is 1. The van der Waals surface area contributed by atoms with Crippen LogP contribution in [0.4, 0.5) is 4.39 Å². The number of hydrogen-bond acceptors (Lipinski definition) is 9. The number of Topliss-reactive ketones (excluding diaryl/α,β-unsaturated/α-hetero) is 1. The predicted octanol–water partition coefficient (Wildman–Crippen LogP) is 4.97. The zero-order valence-electron chi connectivity index (χ0n) is 28.3. The van der Waals surface area contributed by atoms with Crippen molar-refractivity contribution in [1.82, 2.24) is 0 Å². The van der Waals surface area contributed by atoms with Crippen LogP contribution in [-0.2, 0) is 38.1 Å². The van der Waals surface area contributed by atoms with Gasteiger partial charge in [-0.2, -0.15) is 0 Å². The van der Waals surface area contributed by atoms with Crippen molar-refractivity contribution in [3.8, 4) is 0 Å². The van der Waals surface area contributed by atoms with Crippen LogP contribution < -0.4 is 0 Å². The second-order valence-corrected chi connectivity index (χ2v) is 15.9. The third kappa shape index (κ3) is 5.36. The zero-order chi connectivity index (χ0) is 33.4. The summed E-state index contributed by atoms with van der Waals surface area (Å²) in [5, 5.41) is 11.7. The van der Waals surface area contributed by atoms with E-state index in [0.29, 0.717) is 37.9 Å². The molecule has 1 heterocycles. The second kappa shape index (κ2) is 11.0. The summed E-state index contributed by atoms with van der Waals surface area (Å²) in [6.07, 6.45) is 4.16. The predicted molar refractivity (Wildman–Crippen MR) is 163 cm³/mol. The molecule has 1 saturated heterocycles. The molecule has 252 valence electrons. The first-order chi connectivity index (χ1) is 20.7. The topological polar surface area (TPSA) is 118 Å². The van der Waals surface area contributed by atoms with E-state index in [1.54, 1.807) is 47.8 Å². The lowest BCUT2D eigenvalue weighted by Gasteiger charge is -2.62. The number of carbonyl (C=O) groups excluding carboxylic acids is 3. The van der Waals surface area contributed by atoms with Gasteiger partial charge in [-0.15, -0.1) is 0 Å². The lowest BCUT2D eigenvalue weighted by atomic mass is 9.44. The van der Waals surface area contributed by atoms with E-state index in [1.807, 2.05) is 20.8 Å². The fraction of sp³-hybridized carbons (Fsp3) is 0.800. The Bertz CT molecular complexity index is 1300. The number of fused-ring (bicyclic) bond motifs is 7. The van der Waals surface area contributed by atoms with Gasteiger partial charge >= 0.3 is 5.97 Å². The molecule has 9 nitrogen and oxygen atoms in total. The smallest absolute Gasteiger partial charge is 0.309 e. The van der Waals surface area contributed by atoms with Crippen molar-refractivity contribution in [2.45, 2.75) is 134 Å². The number of methoxy groups -OCH3 is 1. The van der Waals surface area contributed by atoms with Crippen molar-refractivity contribution < 1.29 is 47.6 Å². The standard InChI is InChI=1S/C35H51FO9/c1-29(2,41-9)14-15-43-30(3,4)19-28(40)42-20-26(39)35-27(44-31(5,6)45-35)17-24-23-11-10-21-16-22(37)12-13-32(21,7)34(23,36)25(38)18-33(24,35)8/h12-13,16,23-25,27,38H,10-11,14-15,17-20H2,1-9H3/t23?,24?,25-,27+,32?,33?,34-,35+/m0/s1. The Hall–Kier alpha value is -1.98. The van der Waals surface area contributed by atoms with Crippen LogP contribution in [0.25, 0.3) is 0 Å². The Balaban J connectivity index is 1.36. The number of aliphatic hydroxyl groups excluding tert-OH is 1. The van der Waals surface area contributed by atoms with Crippen LogP contribution in [0.2, 0.25) is 0 Å². The van der Waals surface area contributed by atoms with E-state index in [-0.39, 0.29) is 30.1 Å². The maximum Gasteiger partial charge on any atom is 0.309 e. The number of ketones is 2. The third-order valence-corrected chi connectivity index (χ3v) is 11.7. The molecule has 0 aromatic rings. The Morgan fingerprint density at radius 3 is 2.47 bits per heavy atom. The second-order valence-electron chi connectivity index (χ2n) is 15.9. The molecule has 3 saturated carbocycles. The van der Waals surface area contributed by atoms with Gasteiger partial charge in [0.25, 0.3) is 0 Å². The normalized spacial score (nSPS) is 40.2. The van der Waals surface area contributed by atoms with Gasteiger partial charge in [0.2, 0.25) is 5.78 Å². The number of rotatable bonds is 10. The summed E-state index contributed by atoms with van der Waals surface area (Å²) in [5.74, 6) is -3.31. The number of allylic oxidation sites excluding steroid dienone is 4. The minimum atomic E-state index is -2.05. The maximum absolute atomic E-state index is 17.6. The molecular formula is C35H51FO9. The van der Waals surface area contributed by atoms with Crippen molar-refractivity contribution in [3.63, 3.8) is 0 Å². The van der Waals surface area contributed by atoms with E-state index in [9.17, 15) is 19.5 Å². The minimum absolute atomic E-state index is 0.0519. The first kappa shape index (κ1) is 34.4. The number of carbonyl (C=O) groups is 3. The SMILES string of the molecule is COC(C)(C)CCOC(C)(C)CC(=O)OCC(=O)[C@@]12OC(C)(C)O[C@@H]1CC1C3CCC4=CC(=O)C=CC4(C)[C@@]3(F)[C@@H](O)CC12C. The van der Waals surface area contributed by atoms with Crippen molar-refractivity contribution in [1.29, 1.82) is 0 Å².